The fraction of sp³-hybridized carbons (Fsp3) is 0.750. The van der Waals surface area contributed by atoms with Gasteiger partial charge < -0.3 is 9.84 Å². The molecule has 0 radical (unpaired) electrons. The van der Waals surface area contributed by atoms with Gasteiger partial charge in [-0.3, -0.25) is 0 Å². The van der Waals surface area contributed by atoms with E-state index in [1.165, 1.54) is 6.92 Å². The molecule has 0 aliphatic carbocycles. The first kappa shape index (κ1) is 15.2. The summed E-state index contributed by atoms with van der Waals surface area (Å²) in [6.45, 7) is 4.49. The number of alkyl halides is 6. The monoisotopic (exact) mass is 252 g/mol. The molecule has 0 rings (SSSR count). The standard InChI is InChI=1S/C8H10F6O2/c1-3-4(2)5(15)16-6(7(9,10)11)8(12,13)14/h5-6,15H,2-3H2,1H3. The zero-order valence-corrected chi connectivity index (χ0v) is 8.19. The van der Waals surface area contributed by atoms with Crippen LogP contribution in [0.1, 0.15) is 13.3 Å². The lowest BCUT2D eigenvalue weighted by molar-refractivity contribution is -0.344. The molecule has 0 heterocycles. The van der Waals surface area contributed by atoms with Crippen LogP contribution >= 0.6 is 0 Å². The first-order chi connectivity index (χ1) is 7.00. The Morgan fingerprint density at radius 3 is 1.81 bits per heavy atom. The molecule has 0 saturated heterocycles. The van der Waals surface area contributed by atoms with Crippen LogP contribution in [0, 0.1) is 0 Å². The predicted octanol–water partition coefficient (Wildman–Crippen LogP) is 2.78. The van der Waals surface area contributed by atoms with Gasteiger partial charge >= 0.3 is 12.4 Å². The average Bonchev–Trinajstić information content (AvgIpc) is 2.08. The van der Waals surface area contributed by atoms with E-state index in [-0.39, 0.29) is 12.0 Å². The van der Waals surface area contributed by atoms with Crippen molar-refractivity contribution in [3.05, 3.63) is 12.2 Å². The van der Waals surface area contributed by atoms with Gasteiger partial charge in [-0.15, -0.1) is 0 Å². The number of aliphatic hydroxyl groups is 1. The summed E-state index contributed by atoms with van der Waals surface area (Å²) in [6.07, 6.45) is -17.6. The molecule has 0 fully saturated rings. The molecule has 1 N–H and O–H groups in total. The zero-order valence-electron chi connectivity index (χ0n) is 8.19. The fourth-order valence-corrected chi connectivity index (χ4v) is 0.740. The Morgan fingerprint density at radius 2 is 1.56 bits per heavy atom. The number of aliphatic hydroxyl groups excluding tert-OH is 1. The molecule has 0 spiro atoms. The molecule has 96 valence electrons. The number of halogens is 6. The van der Waals surface area contributed by atoms with Gasteiger partial charge in [0, 0.05) is 0 Å². The number of rotatable bonds is 4. The number of hydrogen-bond acceptors (Lipinski definition) is 2. The Bertz CT molecular complexity index is 230. The van der Waals surface area contributed by atoms with E-state index in [0.29, 0.717) is 0 Å². The van der Waals surface area contributed by atoms with Gasteiger partial charge in [-0.1, -0.05) is 13.5 Å². The highest BCUT2D eigenvalue weighted by Gasteiger charge is 2.58. The summed E-state index contributed by atoms with van der Waals surface area (Å²) in [5, 5.41) is 8.89. The van der Waals surface area contributed by atoms with Gasteiger partial charge in [0.2, 0.25) is 0 Å². The predicted molar refractivity (Wildman–Crippen MR) is 42.4 cm³/mol. The van der Waals surface area contributed by atoms with Crippen LogP contribution < -0.4 is 0 Å². The third-order valence-corrected chi connectivity index (χ3v) is 1.66. The van der Waals surface area contributed by atoms with Crippen molar-refractivity contribution in [2.45, 2.75) is 38.1 Å². The van der Waals surface area contributed by atoms with Crippen molar-refractivity contribution in [3.63, 3.8) is 0 Å². The maximum absolute atomic E-state index is 12.0. The third kappa shape index (κ3) is 4.40. The minimum Gasteiger partial charge on any atom is -0.364 e. The molecular weight excluding hydrogens is 242 g/mol. The third-order valence-electron chi connectivity index (χ3n) is 1.66. The summed E-state index contributed by atoms with van der Waals surface area (Å²) >= 11 is 0. The van der Waals surface area contributed by atoms with Crippen LogP contribution in [0.3, 0.4) is 0 Å². The van der Waals surface area contributed by atoms with Crippen LogP contribution in [0.5, 0.6) is 0 Å². The van der Waals surface area contributed by atoms with Crippen LogP contribution in [0.4, 0.5) is 26.3 Å². The minimum atomic E-state index is -5.63. The van der Waals surface area contributed by atoms with Crippen LogP contribution in [0.15, 0.2) is 12.2 Å². The highest BCUT2D eigenvalue weighted by molar-refractivity contribution is 4.97. The molecule has 0 amide bonds. The first-order valence-electron chi connectivity index (χ1n) is 4.14. The molecule has 0 aliphatic heterocycles. The van der Waals surface area contributed by atoms with Crippen molar-refractivity contribution in [1.29, 1.82) is 0 Å². The van der Waals surface area contributed by atoms with Crippen molar-refractivity contribution < 1.29 is 36.2 Å². The summed E-state index contributed by atoms with van der Waals surface area (Å²) in [6, 6.07) is 0. The zero-order chi connectivity index (χ0) is 13.1. The molecule has 1 atom stereocenters. The van der Waals surface area contributed by atoms with E-state index < -0.39 is 24.7 Å². The average molecular weight is 252 g/mol. The van der Waals surface area contributed by atoms with Gasteiger partial charge in [0.1, 0.15) is 0 Å². The van der Waals surface area contributed by atoms with Gasteiger partial charge in [0.25, 0.3) is 6.10 Å². The molecule has 0 aromatic heterocycles. The fourth-order valence-electron chi connectivity index (χ4n) is 0.740. The lowest BCUT2D eigenvalue weighted by Gasteiger charge is -2.26. The minimum absolute atomic E-state index is 0.00357. The van der Waals surface area contributed by atoms with Crippen molar-refractivity contribution >= 4 is 0 Å². The lowest BCUT2D eigenvalue weighted by atomic mass is 10.2. The Kier molecular flexibility index (Phi) is 4.81. The maximum atomic E-state index is 12.0. The van der Waals surface area contributed by atoms with E-state index in [4.69, 9.17) is 5.11 Å². The van der Waals surface area contributed by atoms with Crippen molar-refractivity contribution in [2.75, 3.05) is 0 Å². The quantitative estimate of drug-likeness (QED) is 0.473. The molecule has 0 aliphatic rings. The van der Waals surface area contributed by atoms with Crippen LogP contribution in [0.25, 0.3) is 0 Å². The smallest absolute Gasteiger partial charge is 0.364 e. The molecule has 1 unspecified atom stereocenters. The topological polar surface area (TPSA) is 29.5 Å². The van der Waals surface area contributed by atoms with E-state index in [2.05, 4.69) is 11.3 Å². The highest BCUT2D eigenvalue weighted by Crippen LogP contribution is 2.36. The summed E-state index contributed by atoms with van der Waals surface area (Å²) in [5.41, 5.74) is -0.265. The molecule has 0 aromatic rings. The van der Waals surface area contributed by atoms with Crippen molar-refractivity contribution in [1.82, 2.24) is 0 Å². The number of ether oxygens (including phenoxy) is 1. The van der Waals surface area contributed by atoms with E-state index in [9.17, 15) is 26.3 Å². The van der Waals surface area contributed by atoms with Gasteiger partial charge in [-0.2, -0.15) is 26.3 Å². The van der Waals surface area contributed by atoms with Crippen molar-refractivity contribution in [3.8, 4) is 0 Å². The van der Waals surface area contributed by atoms with Crippen molar-refractivity contribution in [2.24, 2.45) is 0 Å². The Morgan fingerprint density at radius 1 is 1.19 bits per heavy atom. The van der Waals surface area contributed by atoms with Crippen LogP contribution in [0.2, 0.25) is 0 Å². The second kappa shape index (κ2) is 5.05. The molecule has 8 heteroatoms. The Balaban J connectivity index is 4.77. The SMILES string of the molecule is C=C(CC)C(O)OC(C(F)(F)F)C(F)(F)F. The van der Waals surface area contributed by atoms with E-state index >= 15 is 0 Å². The normalized spacial score (nSPS) is 15.3. The molecule has 2 nitrogen and oxygen atoms in total. The largest absolute Gasteiger partial charge is 0.423 e. The first-order valence-corrected chi connectivity index (χ1v) is 4.14. The molecular formula is C8H10F6O2. The van der Waals surface area contributed by atoms with Gasteiger partial charge in [-0.25, -0.2) is 0 Å². The Hall–Kier alpha value is -0.760. The van der Waals surface area contributed by atoms with E-state index in [0.717, 1.165) is 0 Å². The van der Waals surface area contributed by atoms with Crippen LogP contribution in [-0.4, -0.2) is 29.9 Å². The molecule has 0 bridgehead atoms. The van der Waals surface area contributed by atoms with E-state index in [1.54, 1.807) is 0 Å². The van der Waals surface area contributed by atoms with Gasteiger partial charge in [-0.05, 0) is 12.0 Å². The summed E-state index contributed by atoms with van der Waals surface area (Å²) in [4.78, 5) is 0. The molecule has 16 heavy (non-hydrogen) atoms. The summed E-state index contributed by atoms with van der Waals surface area (Å²) in [7, 11) is 0. The lowest BCUT2D eigenvalue weighted by Crippen LogP contribution is -2.46. The number of hydrogen-bond donors (Lipinski definition) is 1. The molecule has 0 saturated carbocycles. The van der Waals surface area contributed by atoms with Gasteiger partial charge in [0.15, 0.2) is 6.29 Å². The summed E-state index contributed by atoms with van der Waals surface area (Å²) in [5.74, 6) is 0. The maximum Gasteiger partial charge on any atom is 0.423 e. The van der Waals surface area contributed by atoms with Crippen LogP contribution in [-0.2, 0) is 4.74 Å². The Labute approximate surface area is 87.5 Å². The molecule has 0 aromatic carbocycles. The van der Waals surface area contributed by atoms with Gasteiger partial charge in [0.05, 0.1) is 0 Å². The summed E-state index contributed by atoms with van der Waals surface area (Å²) < 4.78 is 75.3. The highest BCUT2D eigenvalue weighted by atomic mass is 19.4. The van der Waals surface area contributed by atoms with E-state index in [1.807, 2.05) is 0 Å². The second-order valence-corrected chi connectivity index (χ2v) is 2.96. The second-order valence-electron chi connectivity index (χ2n) is 2.96.